The topological polar surface area (TPSA) is 41.0 Å². The van der Waals surface area contributed by atoms with Gasteiger partial charge in [0.1, 0.15) is 5.69 Å². The number of piperidine rings is 2. The van der Waals surface area contributed by atoms with Crippen LogP contribution in [-0.4, -0.2) is 40.0 Å². The predicted octanol–water partition coefficient (Wildman–Crippen LogP) is 2.92. The molecule has 2 aliphatic heterocycles. The molecule has 4 nitrogen and oxygen atoms in total. The number of aromatic nitrogens is 2. The summed E-state index contributed by atoms with van der Waals surface area (Å²) in [6.07, 6.45) is 2.17. The van der Waals surface area contributed by atoms with Crippen molar-refractivity contribution in [2.24, 2.45) is 0 Å². The number of hydrogen-bond donors (Lipinski definition) is 1. The fourth-order valence-electron chi connectivity index (χ4n) is 3.50. The Balaban J connectivity index is 1.70. The molecule has 1 aromatic rings. The van der Waals surface area contributed by atoms with Gasteiger partial charge in [-0.15, -0.1) is 0 Å². The van der Waals surface area contributed by atoms with E-state index in [4.69, 9.17) is 0 Å². The first-order chi connectivity index (χ1) is 9.93. The third-order valence-electron chi connectivity index (χ3n) is 4.62. The molecule has 2 fully saturated rings. The molecule has 3 heterocycles. The highest BCUT2D eigenvalue weighted by molar-refractivity contribution is 5.28. The smallest absolute Gasteiger partial charge is 0.351 e. The van der Waals surface area contributed by atoms with Crippen LogP contribution in [0.25, 0.3) is 0 Å². The SMILES string of the molecule is CN1C2CCCC1CC(Nc1nccc(C(F)(F)F)n1)C2. The molecular formula is C14H19F3N4. The highest BCUT2D eigenvalue weighted by Gasteiger charge is 2.37. The lowest BCUT2D eigenvalue weighted by Gasteiger charge is -2.47. The monoisotopic (exact) mass is 300 g/mol. The molecule has 0 aromatic carbocycles. The minimum absolute atomic E-state index is 0.0810. The molecule has 0 saturated carbocycles. The van der Waals surface area contributed by atoms with E-state index in [1.165, 1.54) is 6.42 Å². The van der Waals surface area contributed by atoms with Gasteiger partial charge >= 0.3 is 6.18 Å². The summed E-state index contributed by atoms with van der Waals surface area (Å²) in [7, 11) is 2.14. The quantitative estimate of drug-likeness (QED) is 0.912. The second-order valence-electron chi connectivity index (χ2n) is 5.98. The van der Waals surface area contributed by atoms with Crippen molar-refractivity contribution in [1.82, 2.24) is 14.9 Å². The van der Waals surface area contributed by atoms with Crippen molar-refractivity contribution in [2.45, 2.75) is 56.4 Å². The number of rotatable bonds is 2. The first-order valence-electron chi connectivity index (χ1n) is 7.32. The third kappa shape index (κ3) is 3.12. The number of halogens is 3. The van der Waals surface area contributed by atoms with Crippen LogP contribution in [0.3, 0.4) is 0 Å². The van der Waals surface area contributed by atoms with Gasteiger partial charge in [-0.2, -0.15) is 13.2 Å². The highest BCUT2D eigenvalue weighted by Crippen LogP contribution is 2.34. The van der Waals surface area contributed by atoms with Crippen LogP contribution in [0.5, 0.6) is 0 Å². The Morgan fingerprint density at radius 2 is 1.90 bits per heavy atom. The molecule has 0 amide bonds. The lowest BCUT2D eigenvalue weighted by molar-refractivity contribution is -0.141. The van der Waals surface area contributed by atoms with E-state index in [9.17, 15) is 13.2 Å². The van der Waals surface area contributed by atoms with Gasteiger partial charge in [0.2, 0.25) is 5.95 Å². The second-order valence-corrected chi connectivity index (χ2v) is 5.98. The van der Waals surface area contributed by atoms with E-state index in [1.807, 2.05) is 0 Å². The van der Waals surface area contributed by atoms with Crippen molar-refractivity contribution in [3.05, 3.63) is 18.0 Å². The maximum atomic E-state index is 12.7. The van der Waals surface area contributed by atoms with Crippen molar-refractivity contribution in [1.29, 1.82) is 0 Å². The molecule has 0 aliphatic carbocycles. The van der Waals surface area contributed by atoms with Crippen LogP contribution in [0.4, 0.5) is 19.1 Å². The number of nitrogens with one attached hydrogen (secondary N) is 1. The molecule has 2 aliphatic rings. The van der Waals surface area contributed by atoms with Gasteiger partial charge in [-0.3, -0.25) is 0 Å². The van der Waals surface area contributed by atoms with Crippen molar-refractivity contribution in [3.63, 3.8) is 0 Å². The molecule has 2 unspecified atom stereocenters. The van der Waals surface area contributed by atoms with Gasteiger partial charge in [0.25, 0.3) is 0 Å². The summed E-state index contributed by atoms with van der Waals surface area (Å²) >= 11 is 0. The fraction of sp³-hybridized carbons (Fsp3) is 0.714. The summed E-state index contributed by atoms with van der Waals surface area (Å²) < 4.78 is 38.0. The summed E-state index contributed by atoms with van der Waals surface area (Å²) in [5, 5.41) is 3.09. The average molecular weight is 300 g/mol. The number of alkyl halides is 3. The van der Waals surface area contributed by atoms with Gasteiger partial charge in [-0.05, 0) is 38.8 Å². The lowest BCUT2D eigenvalue weighted by Crippen LogP contribution is -2.52. The van der Waals surface area contributed by atoms with Gasteiger partial charge < -0.3 is 10.2 Å². The highest BCUT2D eigenvalue weighted by atomic mass is 19.4. The summed E-state index contributed by atoms with van der Waals surface area (Å²) in [4.78, 5) is 9.93. The molecule has 1 aromatic heterocycles. The lowest BCUT2D eigenvalue weighted by atomic mass is 9.82. The van der Waals surface area contributed by atoms with Gasteiger partial charge in [-0.25, -0.2) is 9.97 Å². The van der Waals surface area contributed by atoms with Crippen molar-refractivity contribution in [2.75, 3.05) is 12.4 Å². The molecule has 7 heteroatoms. The summed E-state index contributed by atoms with van der Waals surface area (Å²) in [5.74, 6) is 0.0810. The van der Waals surface area contributed by atoms with Crippen LogP contribution >= 0.6 is 0 Å². The maximum absolute atomic E-state index is 12.7. The average Bonchev–Trinajstić information content (AvgIpc) is 2.39. The maximum Gasteiger partial charge on any atom is 0.433 e. The van der Waals surface area contributed by atoms with Gasteiger partial charge in [0, 0.05) is 24.3 Å². The summed E-state index contributed by atoms with van der Waals surface area (Å²) in [5.41, 5.74) is -0.895. The van der Waals surface area contributed by atoms with Gasteiger partial charge in [0.15, 0.2) is 0 Å². The molecular weight excluding hydrogens is 281 g/mol. The summed E-state index contributed by atoms with van der Waals surface area (Å²) in [6.45, 7) is 0. The number of hydrogen-bond acceptors (Lipinski definition) is 4. The molecule has 21 heavy (non-hydrogen) atoms. The Kier molecular flexibility index (Phi) is 3.77. The first kappa shape index (κ1) is 14.6. The Morgan fingerprint density at radius 1 is 1.24 bits per heavy atom. The van der Waals surface area contributed by atoms with Crippen LogP contribution in [-0.2, 0) is 6.18 Å². The molecule has 2 atom stereocenters. The molecule has 3 rings (SSSR count). The van der Waals surface area contributed by atoms with Crippen LogP contribution in [0.15, 0.2) is 12.3 Å². The fourth-order valence-corrected chi connectivity index (χ4v) is 3.50. The summed E-state index contributed by atoms with van der Waals surface area (Å²) in [6, 6.07) is 2.08. The molecule has 2 bridgehead atoms. The Bertz CT molecular complexity index is 491. The van der Waals surface area contributed by atoms with E-state index in [-0.39, 0.29) is 12.0 Å². The zero-order chi connectivity index (χ0) is 15.0. The van der Waals surface area contributed by atoms with E-state index in [2.05, 4.69) is 27.2 Å². The van der Waals surface area contributed by atoms with Gasteiger partial charge in [-0.1, -0.05) is 6.42 Å². The van der Waals surface area contributed by atoms with Crippen molar-refractivity contribution in [3.8, 4) is 0 Å². The van der Waals surface area contributed by atoms with Crippen LogP contribution in [0.2, 0.25) is 0 Å². The predicted molar refractivity (Wildman–Crippen MR) is 72.9 cm³/mol. The van der Waals surface area contributed by atoms with E-state index in [0.717, 1.165) is 37.9 Å². The van der Waals surface area contributed by atoms with E-state index in [1.54, 1.807) is 0 Å². The van der Waals surface area contributed by atoms with Crippen LogP contribution < -0.4 is 5.32 Å². The largest absolute Gasteiger partial charge is 0.433 e. The van der Waals surface area contributed by atoms with Crippen molar-refractivity contribution < 1.29 is 13.2 Å². The molecule has 0 spiro atoms. The van der Waals surface area contributed by atoms with E-state index in [0.29, 0.717) is 12.1 Å². The normalized spacial score (nSPS) is 30.2. The second kappa shape index (κ2) is 5.44. The number of anilines is 1. The zero-order valence-electron chi connectivity index (χ0n) is 11.9. The van der Waals surface area contributed by atoms with E-state index < -0.39 is 11.9 Å². The minimum Gasteiger partial charge on any atom is -0.351 e. The van der Waals surface area contributed by atoms with Gasteiger partial charge in [0.05, 0.1) is 0 Å². The Labute approximate surface area is 121 Å². The molecule has 116 valence electrons. The zero-order valence-corrected chi connectivity index (χ0v) is 11.9. The van der Waals surface area contributed by atoms with Crippen molar-refractivity contribution >= 4 is 5.95 Å². The number of fused-ring (bicyclic) bond motifs is 2. The molecule has 1 N–H and O–H groups in total. The third-order valence-corrected chi connectivity index (χ3v) is 4.62. The first-order valence-corrected chi connectivity index (χ1v) is 7.32. The molecule has 2 saturated heterocycles. The standard InChI is InChI=1S/C14H19F3N4/c1-21-10-3-2-4-11(21)8-9(7-10)19-13-18-6-5-12(20-13)14(15,16)17/h5-6,9-11H,2-4,7-8H2,1H3,(H,18,19,20). The Hall–Kier alpha value is -1.37. The minimum atomic E-state index is -4.43. The Morgan fingerprint density at radius 3 is 2.52 bits per heavy atom. The molecule has 0 radical (unpaired) electrons. The van der Waals surface area contributed by atoms with Crippen LogP contribution in [0, 0.1) is 0 Å². The van der Waals surface area contributed by atoms with E-state index >= 15 is 0 Å². The number of nitrogens with zero attached hydrogens (tertiary/aromatic N) is 3. The van der Waals surface area contributed by atoms with Crippen LogP contribution in [0.1, 0.15) is 37.8 Å².